The minimum Gasteiger partial charge on any atom is -0.412 e. The molecule has 0 radical (unpaired) electrons. The third-order valence-corrected chi connectivity index (χ3v) is 1.70. The third kappa shape index (κ3) is 2.42. The van der Waals surface area contributed by atoms with Crippen molar-refractivity contribution in [3.05, 3.63) is 35.4 Å². The number of hydrogen-bond donors (Lipinski definition) is 1. The van der Waals surface area contributed by atoms with E-state index in [1.54, 1.807) is 0 Å². The molecule has 0 bridgehead atoms. The lowest BCUT2D eigenvalue weighted by molar-refractivity contribution is 0.0966. The molecular weight excluding hydrogens is 194 g/mol. The number of benzene rings is 1. The van der Waals surface area contributed by atoms with Crippen molar-refractivity contribution < 1.29 is 15.7 Å². The van der Waals surface area contributed by atoms with Gasteiger partial charge in [-0.2, -0.15) is 0 Å². The Bertz CT molecular complexity index is 290. The highest BCUT2D eigenvalue weighted by Crippen LogP contribution is 2.13. The second-order valence-corrected chi connectivity index (χ2v) is 2.34. The van der Waals surface area contributed by atoms with Crippen LogP contribution in [0.5, 0.6) is 0 Å². The van der Waals surface area contributed by atoms with Gasteiger partial charge in [-0.1, -0.05) is 18.2 Å². The summed E-state index contributed by atoms with van der Waals surface area (Å²) in [7, 11) is 0. The maximum atomic E-state index is 11.0. The summed E-state index contributed by atoms with van der Waals surface area (Å²) in [6.07, 6.45) is 0. The largest absolute Gasteiger partial charge is 0.412 e. The summed E-state index contributed by atoms with van der Waals surface area (Å²) < 4.78 is 0. The van der Waals surface area contributed by atoms with Gasteiger partial charge in [0.25, 0.3) is 5.91 Å². The predicted molar refractivity (Wildman–Crippen MR) is 52.1 cm³/mol. The van der Waals surface area contributed by atoms with Crippen LogP contribution in [0.25, 0.3) is 0 Å². The van der Waals surface area contributed by atoms with Gasteiger partial charge in [-0.05, 0) is 11.6 Å². The molecule has 13 heavy (non-hydrogen) atoms. The molecule has 1 aromatic rings. The van der Waals surface area contributed by atoms with Gasteiger partial charge in [0.05, 0.1) is 0 Å². The lowest BCUT2D eigenvalue weighted by atomic mass is 10.1. The first kappa shape index (κ1) is 14.4. The average molecular weight is 206 g/mol. The molecule has 1 aliphatic heterocycles. The fraction of sp³-hybridized carbons (Fsp3) is 0.125. The van der Waals surface area contributed by atoms with E-state index < -0.39 is 0 Å². The molecule has 0 saturated heterocycles. The van der Waals surface area contributed by atoms with Crippen molar-refractivity contribution in [2.75, 3.05) is 0 Å². The lowest BCUT2D eigenvalue weighted by Crippen LogP contribution is -2.12. The van der Waals surface area contributed by atoms with E-state index in [1.807, 2.05) is 24.3 Å². The minimum atomic E-state index is 0. The number of nitrogens with one attached hydrogen (secondary N) is 1. The minimum absolute atomic E-state index is 0. The van der Waals surface area contributed by atoms with Crippen LogP contribution in [-0.2, 0) is 6.54 Å². The first-order chi connectivity index (χ1) is 4.88. The topological polar surface area (TPSA) is 92.1 Å². The molecule has 0 aromatic heterocycles. The van der Waals surface area contributed by atoms with E-state index >= 15 is 0 Å². The van der Waals surface area contributed by atoms with Crippen LogP contribution in [0.4, 0.5) is 0 Å². The first-order valence-electron chi connectivity index (χ1n) is 3.24. The number of fused-ring (bicyclic) bond motifs is 1. The molecule has 5 heteroatoms. The van der Waals surface area contributed by atoms with Crippen LogP contribution in [0.2, 0.25) is 0 Å². The van der Waals surface area contributed by atoms with Crippen molar-refractivity contribution in [2.45, 2.75) is 6.54 Å². The molecule has 1 amide bonds. The second kappa shape index (κ2) is 5.53. The molecule has 74 valence electrons. The molecule has 0 atom stereocenters. The van der Waals surface area contributed by atoms with Crippen LogP contribution in [0.15, 0.2) is 24.3 Å². The zero-order chi connectivity index (χ0) is 6.97. The van der Waals surface area contributed by atoms with E-state index in [4.69, 9.17) is 0 Å². The maximum Gasteiger partial charge on any atom is 0.251 e. The molecular formula is C8H12ClNO3. The zero-order valence-electron chi connectivity index (χ0n) is 6.83. The van der Waals surface area contributed by atoms with Gasteiger partial charge in [0.15, 0.2) is 0 Å². The predicted octanol–water partition coefficient (Wildman–Crippen LogP) is -0.298. The van der Waals surface area contributed by atoms with Gasteiger partial charge in [0, 0.05) is 12.1 Å². The molecule has 0 aliphatic carbocycles. The first-order valence-corrected chi connectivity index (χ1v) is 3.24. The average Bonchev–Trinajstić information content (AvgIpc) is 2.34. The van der Waals surface area contributed by atoms with Crippen LogP contribution >= 0.6 is 12.4 Å². The Hall–Kier alpha value is -1.10. The van der Waals surface area contributed by atoms with Crippen molar-refractivity contribution in [1.29, 1.82) is 0 Å². The molecule has 1 aromatic carbocycles. The van der Waals surface area contributed by atoms with Crippen LogP contribution in [-0.4, -0.2) is 16.9 Å². The highest BCUT2D eigenvalue weighted by molar-refractivity contribution is 5.98. The Kier molecular flexibility index (Phi) is 6.14. The number of hydrogen-bond acceptors (Lipinski definition) is 1. The molecule has 0 spiro atoms. The molecule has 2 rings (SSSR count). The second-order valence-electron chi connectivity index (χ2n) is 2.34. The van der Waals surface area contributed by atoms with E-state index in [2.05, 4.69) is 5.32 Å². The molecule has 1 heterocycles. The normalized spacial score (nSPS) is 11.2. The number of amides is 1. The summed E-state index contributed by atoms with van der Waals surface area (Å²) in [5, 5.41) is 2.75. The van der Waals surface area contributed by atoms with E-state index in [-0.39, 0.29) is 29.3 Å². The molecule has 1 aliphatic rings. The summed E-state index contributed by atoms with van der Waals surface area (Å²) in [6.45, 7) is 0.689. The van der Waals surface area contributed by atoms with Crippen LogP contribution in [0.1, 0.15) is 15.9 Å². The number of carbonyl (C=O) groups excluding carboxylic acids is 1. The standard InChI is InChI=1S/C8H7NO.ClH.2H2O/c10-8-7-4-2-1-3-6(7)5-9-8;;;/h1-4H,5H2,(H,9,10);1H;2*1H2. The van der Waals surface area contributed by atoms with E-state index in [9.17, 15) is 4.79 Å². The van der Waals surface area contributed by atoms with Crippen molar-refractivity contribution in [1.82, 2.24) is 5.32 Å². The third-order valence-electron chi connectivity index (χ3n) is 1.70. The van der Waals surface area contributed by atoms with Gasteiger partial charge in [-0.3, -0.25) is 4.79 Å². The Morgan fingerprint density at radius 2 is 1.77 bits per heavy atom. The van der Waals surface area contributed by atoms with Gasteiger partial charge in [0.2, 0.25) is 0 Å². The summed E-state index contributed by atoms with van der Waals surface area (Å²) >= 11 is 0. The number of rotatable bonds is 0. The Morgan fingerprint density at radius 3 is 2.38 bits per heavy atom. The van der Waals surface area contributed by atoms with Gasteiger partial charge in [-0.25, -0.2) is 0 Å². The van der Waals surface area contributed by atoms with Gasteiger partial charge in [0.1, 0.15) is 0 Å². The highest BCUT2D eigenvalue weighted by atomic mass is 35.5. The highest BCUT2D eigenvalue weighted by Gasteiger charge is 2.16. The fourth-order valence-corrected chi connectivity index (χ4v) is 1.17. The lowest BCUT2D eigenvalue weighted by Gasteiger charge is -1.89. The summed E-state index contributed by atoms with van der Waals surface area (Å²) in [5.74, 6) is 0.0515. The summed E-state index contributed by atoms with van der Waals surface area (Å²) in [4.78, 5) is 11.0. The summed E-state index contributed by atoms with van der Waals surface area (Å²) in [6, 6.07) is 7.63. The maximum absolute atomic E-state index is 11.0. The smallest absolute Gasteiger partial charge is 0.251 e. The van der Waals surface area contributed by atoms with Crippen molar-refractivity contribution in [3.63, 3.8) is 0 Å². The number of halogens is 1. The van der Waals surface area contributed by atoms with E-state index in [0.717, 1.165) is 11.1 Å². The SMILES string of the molecule is Cl.O.O.O=C1NCc2ccccc21. The van der Waals surface area contributed by atoms with Crippen molar-refractivity contribution >= 4 is 18.3 Å². The fourth-order valence-electron chi connectivity index (χ4n) is 1.17. The van der Waals surface area contributed by atoms with Gasteiger partial charge >= 0.3 is 0 Å². The molecule has 4 nitrogen and oxygen atoms in total. The van der Waals surface area contributed by atoms with E-state index in [0.29, 0.717) is 6.54 Å². The zero-order valence-corrected chi connectivity index (χ0v) is 7.65. The number of carbonyl (C=O) groups is 1. The Labute approximate surface area is 82.0 Å². The molecule has 5 N–H and O–H groups in total. The van der Waals surface area contributed by atoms with Crippen molar-refractivity contribution in [2.24, 2.45) is 0 Å². The van der Waals surface area contributed by atoms with Gasteiger partial charge in [-0.15, -0.1) is 12.4 Å². The Balaban J connectivity index is 0. The quantitative estimate of drug-likeness (QED) is 0.619. The molecule has 0 unspecified atom stereocenters. The Morgan fingerprint density at radius 1 is 1.15 bits per heavy atom. The van der Waals surface area contributed by atoms with Gasteiger partial charge < -0.3 is 16.3 Å². The van der Waals surface area contributed by atoms with Crippen LogP contribution in [0, 0.1) is 0 Å². The molecule has 0 saturated carbocycles. The molecule has 0 fully saturated rings. The monoisotopic (exact) mass is 205 g/mol. The van der Waals surface area contributed by atoms with Crippen LogP contribution in [0.3, 0.4) is 0 Å². The van der Waals surface area contributed by atoms with E-state index in [1.165, 1.54) is 0 Å². The summed E-state index contributed by atoms with van der Waals surface area (Å²) in [5.41, 5.74) is 1.93. The van der Waals surface area contributed by atoms with Crippen LogP contribution < -0.4 is 5.32 Å². The van der Waals surface area contributed by atoms with Crippen molar-refractivity contribution in [3.8, 4) is 0 Å².